The molecule has 0 bridgehead atoms. The predicted octanol–water partition coefficient (Wildman–Crippen LogP) is 2.31. The van der Waals surface area contributed by atoms with Gasteiger partial charge in [-0.3, -0.25) is 4.90 Å². The minimum Gasteiger partial charge on any atom is -0.508 e. The van der Waals surface area contributed by atoms with Crippen LogP contribution in [0.15, 0.2) is 18.2 Å². The van der Waals surface area contributed by atoms with Gasteiger partial charge < -0.3 is 9.84 Å². The second kappa shape index (κ2) is 6.24. The molecule has 1 aliphatic rings. The molecule has 2 rings (SSSR count). The summed E-state index contributed by atoms with van der Waals surface area (Å²) in [5, 5.41) is 10.4. The minimum atomic E-state index is 0.305. The van der Waals surface area contributed by atoms with Gasteiger partial charge in [0.15, 0.2) is 0 Å². The third-order valence-corrected chi connectivity index (χ3v) is 3.45. The highest BCUT2D eigenvalue weighted by Gasteiger charge is 2.11. The first kappa shape index (κ1) is 12.7. The van der Waals surface area contributed by atoms with Crippen molar-refractivity contribution in [1.29, 1.82) is 0 Å². The summed E-state index contributed by atoms with van der Waals surface area (Å²) >= 11 is 6.06. The summed E-state index contributed by atoms with van der Waals surface area (Å²) in [6.45, 7) is 4.71. The number of hydrogen-bond donors (Lipinski definition) is 1. The van der Waals surface area contributed by atoms with Crippen LogP contribution in [0, 0.1) is 0 Å². The molecule has 0 aromatic heterocycles. The van der Waals surface area contributed by atoms with E-state index < -0.39 is 0 Å². The SMILES string of the molecule is Oc1cccc(Cl)c1CCCN1CCOCC1. The second-order valence-electron chi connectivity index (χ2n) is 4.30. The molecule has 1 aliphatic heterocycles. The first-order valence-electron chi connectivity index (χ1n) is 6.04. The van der Waals surface area contributed by atoms with Gasteiger partial charge in [-0.25, -0.2) is 0 Å². The Labute approximate surface area is 107 Å². The average molecular weight is 256 g/mol. The highest BCUT2D eigenvalue weighted by molar-refractivity contribution is 6.31. The summed E-state index contributed by atoms with van der Waals surface area (Å²) in [4.78, 5) is 2.39. The van der Waals surface area contributed by atoms with Crippen molar-refractivity contribution in [3.63, 3.8) is 0 Å². The number of phenols is 1. The summed E-state index contributed by atoms with van der Waals surface area (Å²) in [6.07, 6.45) is 1.83. The van der Waals surface area contributed by atoms with E-state index in [4.69, 9.17) is 16.3 Å². The molecule has 0 aliphatic carbocycles. The van der Waals surface area contributed by atoms with Crippen LogP contribution < -0.4 is 0 Å². The molecule has 0 spiro atoms. The van der Waals surface area contributed by atoms with Crippen LogP contribution in [-0.4, -0.2) is 42.9 Å². The maximum absolute atomic E-state index is 9.71. The molecule has 4 heteroatoms. The standard InChI is InChI=1S/C13H18ClNO2/c14-12-4-1-5-13(16)11(12)3-2-6-15-7-9-17-10-8-15/h1,4-5,16H,2-3,6-10H2. The molecule has 1 heterocycles. The predicted molar refractivity (Wildman–Crippen MR) is 68.7 cm³/mol. The Balaban J connectivity index is 1.81. The molecule has 94 valence electrons. The number of ether oxygens (including phenoxy) is 1. The lowest BCUT2D eigenvalue weighted by atomic mass is 10.1. The monoisotopic (exact) mass is 255 g/mol. The van der Waals surface area contributed by atoms with Gasteiger partial charge in [0.25, 0.3) is 0 Å². The number of nitrogens with zero attached hydrogens (tertiary/aromatic N) is 1. The van der Waals surface area contributed by atoms with Gasteiger partial charge in [0.1, 0.15) is 5.75 Å². The molecule has 0 radical (unpaired) electrons. The summed E-state index contributed by atoms with van der Waals surface area (Å²) in [7, 11) is 0. The number of hydrogen-bond acceptors (Lipinski definition) is 3. The number of halogens is 1. The molecule has 17 heavy (non-hydrogen) atoms. The van der Waals surface area contributed by atoms with E-state index in [2.05, 4.69) is 4.90 Å². The van der Waals surface area contributed by atoms with E-state index in [1.807, 2.05) is 6.07 Å². The molecule has 1 aromatic carbocycles. The lowest BCUT2D eigenvalue weighted by Crippen LogP contribution is -2.36. The van der Waals surface area contributed by atoms with Gasteiger partial charge in [0.2, 0.25) is 0 Å². The Kier molecular flexibility index (Phi) is 4.66. The van der Waals surface area contributed by atoms with E-state index in [9.17, 15) is 5.11 Å². The minimum absolute atomic E-state index is 0.305. The van der Waals surface area contributed by atoms with Gasteiger partial charge in [-0.1, -0.05) is 17.7 Å². The molecule has 0 saturated carbocycles. The fraction of sp³-hybridized carbons (Fsp3) is 0.538. The Morgan fingerprint density at radius 1 is 1.29 bits per heavy atom. The quantitative estimate of drug-likeness (QED) is 0.896. The Hall–Kier alpha value is -0.770. The molecule has 1 saturated heterocycles. The van der Waals surface area contributed by atoms with Crippen molar-refractivity contribution in [1.82, 2.24) is 4.90 Å². The molecule has 1 fully saturated rings. The van der Waals surface area contributed by atoms with Crippen LogP contribution >= 0.6 is 11.6 Å². The van der Waals surface area contributed by atoms with Gasteiger partial charge in [0.05, 0.1) is 13.2 Å². The van der Waals surface area contributed by atoms with E-state index in [1.54, 1.807) is 12.1 Å². The lowest BCUT2D eigenvalue weighted by Gasteiger charge is -2.26. The van der Waals surface area contributed by atoms with E-state index in [0.717, 1.165) is 51.3 Å². The Morgan fingerprint density at radius 3 is 2.76 bits per heavy atom. The van der Waals surface area contributed by atoms with Gasteiger partial charge >= 0.3 is 0 Å². The first-order chi connectivity index (χ1) is 8.27. The number of rotatable bonds is 4. The summed E-state index contributed by atoms with van der Waals surface area (Å²) < 4.78 is 5.30. The van der Waals surface area contributed by atoms with Gasteiger partial charge in [-0.15, -0.1) is 0 Å². The molecular weight excluding hydrogens is 238 g/mol. The van der Waals surface area contributed by atoms with Gasteiger partial charge in [-0.2, -0.15) is 0 Å². The highest BCUT2D eigenvalue weighted by atomic mass is 35.5. The smallest absolute Gasteiger partial charge is 0.120 e. The zero-order valence-electron chi connectivity index (χ0n) is 9.86. The fourth-order valence-corrected chi connectivity index (χ4v) is 2.36. The van der Waals surface area contributed by atoms with E-state index in [-0.39, 0.29) is 0 Å². The fourth-order valence-electron chi connectivity index (χ4n) is 2.10. The number of morpholine rings is 1. The van der Waals surface area contributed by atoms with Crippen molar-refractivity contribution >= 4 is 11.6 Å². The van der Waals surface area contributed by atoms with Crippen LogP contribution in [0.4, 0.5) is 0 Å². The Morgan fingerprint density at radius 2 is 2.06 bits per heavy atom. The van der Waals surface area contributed by atoms with Crippen molar-refractivity contribution in [2.45, 2.75) is 12.8 Å². The van der Waals surface area contributed by atoms with E-state index in [0.29, 0.717) is 10.8 Å². The number of aromatic hydroxyl groups is 1. The third-order valence-electron chi connectivity index (χ3n) is 3.10. The van der Waals surface area contributed by atoms with Crippen LogP contribution in [0.25, 0.3) is 0 Å². The van der Waals surface area contributed by atoms with Crippen molar-refractivity contribution in [3.05, 3.63) is 28.8 Å². The normalized spacial score (nSPS) is 17.2. The summed E-state index contributed by atoms with van der Waals surface area (Å²) in [5.41, 5.74) is 0.863. The molecule has 0 amide bonds. The maximum atomic E-state index is 9.71. The highest BCUT2D eigenvalue weighted by Crippen LogP contribution is 2.26. The molecule has 0 atom stereocenters. The molecule has 1 N–H and O–H groups in total. The molecule has 1 aromatic rings. The average Bonchev–Trinajstić information content (AvgIpc) is 2.34. The zero-order chi connectivity index (χ0) is 12.1. The van der Waals surface area contributed by atoms with Crippen LogP contribution in [0.5, 0.6) is 5.75 Å². The first-order valence-corrected chi connectivity index (χ1v) is 6.41. The third kappa shape index (κ3) is 3.60. The van der Waals surface area contributed by atoms with Crippen LogP contribution in [0.1, 0.15) is 12.0 Å². The van der Waals surface area contributed by atoms with Gasteiger partial charge in [0, 0.05) is 23.7 Å². The van der Waals surface area contributed by atoms with Crippen LogP contribution in [0.3, 0.4) is 0 Å². The Bertz CT molecular complexity index is 344. The van der Waals surface area contributed by atoms with Crippen molar-refractivity contribution < 1.29 is 9.84 Å². The summed E-state index contributed by atoms with van der Waals surface area (Å²) in [6, 6.07) is 5.28. The van der Waals surface area contributed by atoms with Crippen molar-refractivity contribution in [3.8, 4) is 5.75 Å². The van der Waals surface area contributed by atoms with E-state index in [1.165, 1.54) is 0 Å². The molecule has 3 nitrogen and oxygen atoms in total. The molecular formula is C13H18ClNO2. The zero-order valence-corrected chi connectivity index (χ0v) is 10.6. The maximum Gasteiger partial charge on any atom is 0.120 e. The topological polar surface area (TPSA) is 32.7 Å². The van der Waals surface area contributed by atoms with Crippen molar-refractivity contribution in [2.24, 2.45) is 0 Å². The number of benzene rings is 1. The molecule has 0 unspecified atom stereocenters. The van der Waals surface area contributed by atoms with Crippen LogP contribution in [0.2, 0.25) is 5.02 Å². The van der Waals surface area contributed by atoms with Crippen LogP contribution in [-0.2, 0) is 11.2 Å². The van der Waals surface area contributed by atoms with E-state index >= 15 is 0 Å². The second-order valence-corrected chi connectivity index (χ2v) is 4.70. The van der Waals surface area contributed by atoms with Gasteiger partial charge in [-0.05, 0) is 31.5 Å². The van der Waals surface area contributed by atoms with Crippen molar-refractivity contribution in [2.75, 3.05) is 32.8 Å². The lowest BCUT2D eigenvalue weighted by molar-refractivity contribution is 0.0374. The summed E-state index contributed by atoms with van der Waals surface area (Å²) in [5.74, 6) is 0.305. The largest absolute Gasteiger partial charge is 0.508 e. The number of phenolic OH excluding ortho intramolecular Hbond substituents is 1.